The average molecular weight is 259 g/mol. The summed E-state index contributed by atoms with van der Waals surface area (Å²) in [6, 6.07) is 4.32. The van der Waals surface area contributed by atoms with Crippen LogP contribution in [0.2, 0.25) is 0 Å². The highest BCUT2D eigenvalue weighted by atomic mass is 15.3. The molecule has 1 aliphatic rings. The number of pyridine rings is 1. The Morgan fingerprint density at radius 1 is 1.42 bits per heavy atom. The SMILES string of the molecule is CC(C)N1CCCC(c2nc3cc(N)ccn3n2)C1. The van der Waals surface area contributed by atoms with Gasteiger partial charge in [-0.15, -0.1) is 0 Å². The highest BCUT2D eigenvalue weighted by Gasteiger charge is 2.25. The van der Waals surface area contributed by atoms with Gasteiger partial charge in [0.15, 0.2) is 11.5 Å². The largest absolute Gasteiger partial charge is 0.399 e. The number of nitrogens with zero attached hydrogens (tertiary/aromatic N) is 4. The lowest BCUT2D eigenvalue weighted by molar-refractivity contribution is 0.165. The zero-order valence-electron chi connectivity index (χ0n) is 11.6. The third-order valence-corrected chi connectivity index (χ3v) is 3.93. The average Bonchev–Trinajstić information content (AvgIpc) is 2.81. The molecule has 0 aliphatic carbocycles. The van der Waals surface area contributed by atoms with Crippen LogP contribution in [0.1, 0.15) is 38.4 Å². The Kier molecular flexibility index (Phi) is 3.14. The molecule has 0 bridgehead atoms. The fourth-order valence-electron chi connectivity index (χ4n) is 2.77. The molecule has 1 unspecified atom stereocenters. The first kappa shape index (κ1) is 12.4. The minimum Gasteiger partial charge on any atom is -0.399 e. The van der Waals surface area contributed by atoms with E-state index in [1.54, 1.807) is 0 Å². The van der Waals surface area contributed by atoms with Crippen molar-refractivity contribution in [2.75, 3.05) is 18.8 Å². The van der Waals surface area contributed by atoms with Gasteiger partial charge in [0.1, 0.15) is 0 Å². The van der Waals surface area contributed by atoms with E-state index in [1.165, 1.54) is 19.4 Å². The molecule has 3 heterocycles. The van der Waals surface area contributed by atoms with Crippen molar-refractivity contribution >= 4 is 11.3 Å². The third kappa shape index (κ3) is 2.42. The van der Waals surface area contributed by atoms with E-state index in [-0.39, 0.29) is 0 Å². The predicted molar refractivity (Wildman–Crippen MR) is 76.1 cm³/mol. The first-order valence-corrected chi connectivity index (χ1v) is 6.99. The van der Waals surface area contributed by atoms with Crippen LogP contribution in [0.4, 0.5) is 5.69 Å². The number of aromatic nitrogens is 3. The summed E-state index contributed by atoms with van der Waals surface area (Å²) in [5, 5.41) is 4.59. The highest BCUT2D eigenvalue weighted by molar-refractivity contribution is 5.50. The number of nitrogen functional groups attached to an aromatic ring is 1. The standard InChI is InChI=1S/C14H21N5/c1-10(2)18-6-3-4-11(9-18)14-16-13-8-12(15)5-7-19(13)17-14/h5,7-8,10-11H,3-4,6,9,15H2,1-2H3. The number of fused-ring (bicyclic) bond motifs is 1. The van der Waals surface area contributed by atoms with Crippen LogP contribution in [0.5, 0.6) is 0 Å². The summed E-state index contributed by atoms with van der Waals surface area (Å²) in [7, 11) is 0. The monoisotopic (exact) mass is 259 g/mol. The summed E-state index contributed by atoms with van der Waals surface area (Å²) in [5.74, 6) is 1.40. The molecule has 1 atom stereocenters. The van der Waals surface area contributed by atoms with E-state index in [2.05, 4.69) is 28.8 Å². The Bertz CT molecular complexity index is 574. The van der Waals surface area contributed by atoms with Gasteiger partial charge in [0, 0.05) is 36.5 Å². The van der Waals surface area contributed by atoms with Gasteiger partial charge in [0.05, 0.1) is 0 Å². The van der Waals surface area contributed by atoms with Crippen LogP contribution >= 0.6 is 0 Å². The van der Waals surface area contributed by atoms with Gasteiger partial charge >= 0.3 is 0 Å². The Balaban J connectivity index is 1.87. The lowest BCUT2D eigenvalue weighted by Gasteiger charge is -2.34. The minimum absolute atomic E-state index is 0.442. The van der Waals surface area contributed by atoms with Gasteiger partial charge in [0.2, 0.25) is 0 Å². The molecule has 19 heavy (non-hydrogen) atoms. The van der Waals surface area contributed by atoms with E-state index in [9.17, 15) is 0 Å². The second kappa shape index (κ2) is 4.81. The summed E-state index contributed by atoms with van der Waals surface area (Å²) in [6.07, 6.45) is 4.28. The summed E-state index contributed by atoms with van der Waals surface area (Å²) in [4.78, 5) is 7.14. The van der Waals surface area contributed by atoms with Crippen LogP contribution < -0.4 is 5.73 Å². The van der Waals surface area contributed by atoms with E-state index in [0.29, 0.717) is 12.0 Å². The molecule has 2 aromatic heterocycles. The van der Waals surface area contributed by atoms with Gasteiger partial charge in [-0.3, -0.25) is 0 Å². The van der Waals surface area contributed by atoms with Crippen molar-refractivity contribution in [2.45, 2.75) is 38.6 Å². The van der Waals surface area contributed by atoms with Gasteiger partial charge in [-0.2, -0.15) is 5.10 Å². The maximum absolute atomic E-state index is 5.78. The number of hydrogen-bond acceptors (Lipinski definition) is 4. The summed E-state index contributed by atoms with van der Waals surface area (Å²) >= 11 is 0. The molecule has 2 N–H and O–H groups in total. The molecule has 0 spiro atoms. The summed E-state index contributed by atoms with van der Waals surface area (Å²) in [6.45, 7) is 6.75. The van der Waals surface area contributed by atoms with Crippen molar-refractivity contribution in [3.63, 3.8) is 0 Å². The van der Waals surface area contributed by atoms with Crippen LogP contribution in [0.15, 0.2) is 18.3 Å². The highest BCUT2D eigenvalue weighted by Crippen LogP contribution is 2.26. The number of hydrogen-bond donors (Lipinski definition) is 1. The molecule has 0 radical (unpaired) electrons. The molecule has 1 fully saturated rings. The van der Waals surface area contributed by atoms with Crippen molar-refractivity contribution < 1.29 is 0 Å². The minimum atomic E-state index is 0.442. The Morgan fingerprint density at radius 3 is 3.05 bits per heavy atom. The number of piperidine rings is 1. The molecule has 1 aliphatic heterocycles. The van der Waals surface area contributed by atoms with Crippen molar-refractivity contribution in [2.24, 2.45) is 0 Å². The molecule has 5 nitrogen and oxygen atoms in total. The van der Waals surface area contributed by atoms with Crippen LogP contribution in [0.3, 0.4) is 0 Å². The summed E-state index contributed by atoms with van der Waals surface area (Å²) < 4.78 is 1.82. The molecule has 0 saturated carbocycles. The van der Waals surface area contributed by atoms with Crippen molar-refractivity contribution in [3.8, 4) is 0 Å². The van der Waals surface area contributed by atoms with E-state index >= 15 is 0 Å². The lowest BCUT2D eigenvalue weighted by Crippen LogP contribution is -2.39. The van der Waals surface area contributed by atoms with Gasteiger partial charge in [-0.05, 0) is 39.3 Å². The zero-order valence-corrected chi connectivity index (χ0v) is 11.6. The van der Waals surface area contributed by atoms with Crippen LogP contribution in [-0.4, -0.2) is 38.6 Å². The van der Waals surface area contributed by atoms with Gasteiger partial charge in [-0.25, -0.2) is 9.50 Å². The smallest absolute Gasteiger partial charge is 0.157 e. The quantitative estimate of drug-likeness (QED) is 0.895. The molecule has 102 valence electrons. The van der Waals surface area contributed by atoms with Crippen LogP contribution in [-0.2, 0) is 0 Å². The zero-order chi connectivity index (χ0) is 13.4. The molecule has 0 aromatic carbocycles. The normalized spacial score (nSPS) is 21.3. The van der Waals surface area contributed by atoms with E-state index in [0.717, 1.165) is 23.7 Å². The molecular weight excluding hydrogens is 238 g/mol. The van der Waals surface area contributed by atoms with Gasteiger partial charge in [0.25, 0.3) is 0 Å². The number of anilines is 1. The molecule has 5 heteroatoms. The van der Waals surface area contributed by atoms with Gasteiger partial charge in [-0.1, -0.05) is 0 Å². The topological polar surface area (TPSA) is 59.5 Å². The second-order valence-electron chi connectivity index (χ2n) is 5.66. The van der Waals surface area contributed by atoms with E-state index in [4.69, 9.17) is 5.73 Å². The summed E-state index contributed by atoms with van der Waals surface area (Å²) in [5.41, 5.74) is 7.36. The fraction of sp³-hybridized carbons (Fsp3) is 0.571. The number of nitrogens with two attached hydrogens (primary N) is 1. The predicted octanol–water partition coefficient (Wildman–Crippen LogP) is 1.90. The molecule has 2 aromatic rings. The number of rotatable bonds is 2. The maximum Gasteiger partial charge on any atom is 0.157 e. The Morgan fingerprint density at radius 2 is 2.26 bits per heavy atom. The van der Waals surface area contributed by atoms with Crippen LogP contribution in [0, 0.1) is 0 Å². The lowest BCUT2D eigenvalue weighted by atomic mass is 9.96. The van der Waals surface area contributed by atoms with Crippen LogP contribution in [0.25, 0.3) is 5.65 Å². The first-order chi connectivity index (χ1) is 9.13. The molecule has 1 saturated heterocycles. The van der Waals surface area contributed by atoms with Gasteiger partial charge < -0.3 is 10.6 Å². The van der Waals surface area contributed by atoms with Crippen molar-refractivity contribution in [3.05, 3.63) is 24.2 Å². The van der Waals surface area contributed by atoms with E-state index < -0.39 is 0 Å². The van der Waals surface area contributed by atoms with Crippen molar-refractivity contribution in [1.29, 1.82) is 0 Å². The first-order valence-electron chi connectivity index (χ1n) is 6.99. The van der Waals surface area contributed by atoms with Crippen molar-refractivity contribution in [1.82, 2.24) is 19.5 Å². The molecular formula is C14H21N5. The third-order valence-electron chi connectivity index (χ3n) is 3.93. The Hall–Kier alpha value is -1.62. The molecule has 0 amide bonds. The molecule has 3 rings (SSSR count). The second-order valence-corrected chi connectivity index (χ2v) is 5.66. The number of likely N-dealkylation sites (tertiary alicyclic amines) is 1. The fourth-order valence-corrected chi connectivity index (χ4v) is 2.77. The Labute approximate surface area is 113 Å². The van der Waals surface area contributed by atoms with E-state index in [1.807, 2.05) is 22.8 Å². The maximum atomic E-state index is 5.78.